The van der Waals surface area contributed by atoms with E-state index < -0.39 is 0 Å². The van der Waals surface area contributed by atoms with Gasteiger partial charge in [0.25, 0.3) is 0 Å². The molecule has 4 aliphatic rings. The van der Waals surface area contributed by atoms with Crippen LogP contribution in [0.3, 0.4) is 0 Å². The van der Waals surface area contributed by atoms with Crippen molar-refractivity contribution in [2.24, 2.45) is 11.8 Å². The molecule has 2 aliphatic carbocycles. The fourth-order valence-electron chi connectivity index (χ4n) is 5.11. The van der Waals surface area contributed by atoms with Crippen LogP contribution >= 0.6 is 0 Å². The van der Waals surface area contributed by atoms with Gasteiger partial charge in [-0.1, -0.05) is 24.1 Å². The third-order valence-corrected chi connectivity index (χ3v) is 5.98. The van der Waals surface area contributed by atoms with E-state index in [1.54, 1.807) is 5.92 Å². The molecule has 1 N–H and O–H groups in total. The molecule has 3 heteroatoms. The van der Waals surface area contributed by atoms with Crippen molar-refractivity contribution < 1.29 is 5.11 Å². The van der Waals surface area contributed by atoms with E-state index in [1.807, 2.05) is 0 Å². The second kappa shape index (κ2) is 3.63. The Morgan fingerprint density at radius 1 is 1.42 bits per heavy atom. The Hall–Kier alpha value is -1.76. The standard InChI is InChI=1S/C16H22NO.Lr/c1-10-8-11-4-3-6-17-7-5-12-9-13(15(10)18)14(11)16(12,17)2;/h8,11,14,18H,3-7,9H2,1-2H3;/q-1;. The van der Waals surface area contributed by atoms with Gasteiger partial charge in [-0.05, 0) is 50.3 Å². The van der Waals surface area contributed by atoms with Gasteiger partial charge in [-0.25, -0.2) is 0 Å². The predicted molar refractivity (Wildman–Crippen MR) is 72.1 cm³/mol. The smallest absolute Gasteiger partial charge is 0.115 e. The minimum absolute atomic E-state index is 0. The van der Waals surface area contributed by atoms with Crippen LogP contribution in [0.15, 0.2) is 23.0 Å². The number of nitrogens with zero attached hydrogens (tertiary/aromatic N) is 1. The SMILES string of the molecule is CC1=CC2CCCN3CC[C-]4CC(=C1O)C2C43C.[Lr]. The maximum Gasteiger partial charge on any atom is 0.115 e. The first-order valence-electron chi connectivity index (χ1n) is 7.33. The van der Waals surface area contributed by atoms with Crippen LogP contribution in [0.4, 0.5) is 0 Å². The molecule has 1 saturated carbocycles. The molecule has 3 fully saturated rings. The second-order valence-corrected chi connectivity index (χ2v) is 6.67. The molecule has 2 heterocycles. The Morgan fingerprint density at radius 3 is 3.00 bits per heavy atom. The summed E-state index contributed by atoms with van der Waals surface area (Å²) in [6.07, 6.45) is 7.25. The average Bonchev–Trinajstić information content (AvgIpc) is 2.73. The summed E-state index contributed by atoms with van der Waals surface area (Å²) < 4.78 is 0. The molecule has 0 aromatic rings. The summed E-state index contributed by atoms with van der Waals surface area (Å²) in [5.74, 6) is 3.51. The first-order valence-corrected chi connectivity index (χ1v) is 7.33. The molecule has 1 radical (unpaired) electrons. The number of hydrogen-bond acceptors (Lipinski definition) is 2. The van der Waals surface area contributed by atoms with Crippen molar-refractivity contribution >= 4 is 0 Å². The van der Waals surface area contributed by atoms with E-state index in [2.05, 4.69) is 24.8 Å². The van der Waals surface area contributed by atoms with Crippen molar-refractivity contribution in [2.45, 2.75) is 45.1 Å². The van der Waals surface area contributed by atoms with Gasteiger partial charge in [0.1, 0.15) is 5.76 Å². The van der Waals surface area contributed by atoms with E-state index >= 15 is 0 Å². The van der Waals surface area contributed by atoms with Crippen LogP contribution in [0, 0.1) is 17.8 Å². The molecule has 2 aliphatic heterocycles. The van der Waals surface area contributed by atoms with E-state index in [9.17, 15) is 5.11 Å². The van der Waals surface area contributed by atoms with Gasteiger partial charge in [-0.15, -0.1) is 6.42 Å². The molecule has 3 atom stereocenters. The summed E-state index contributed by atoms with van der Waals surface area (Å²) in [7, 11) is 0. The van der Waals surface area contributed by atoms with Crippen molar-refractivity contribution in [1.29, 1.82) is 0 Å². The van der Waals surface area contributed by atoms with Crippen LogP contribution in [-0.4, -0.2) is 28.6 Å². The summed E-state index contributed by atoms with van der Waals surface area (Å²) in [5, 5.41) is 10.4. The quantitative estimate of drug-likeness (QED) is 0.511. The van der Waals surface area contributed by atoms with Gasteiger partial charge < -0.3 is 10.0 Å². The molecule has 3 unspecified atom stereocenters. The third kappa shape index (κ3) is 1.25. The van der Waals surface area contributed by atoms with Crippen LogP contribution < -0.4 is 0 Å². The molecular formula is C16H22LrNO-. The largest absolute Gasteiger partial charge is 0.508 e. The van der Waals surface area contributed by atoms with Crippen molar-refractivity contribution in [1.82, 2.24) is 4.90 Å². The zero-order chi connectivity index (χ0) is 12.5. The fourth-order valence-corrected chi connectivity index (χ4v) is 5.11. The van der Waals surface area contributed by atoms with Crippen molar-refractivity contribution in [2.75, 3.05) is 13.1 Å². The topological polar surface area (TPSA) is 23.5 Å². The molecule has 113 valence electrons. The van der Waals surface area contributed by atoms with Crippen LogP contribution in [-0.2, 0) is 0 Å². The monoisotopic (exact) mass is 506 g/mol. The first-order chi connectivity index (χ1) is 8.62. The van der Waals surface area contributed by atoms with Crippen molar-refractivity contribution in [3.05, 3.63) is 28.9 Å². The zero-order valence-electron chi connectivity index (χ0n) is 11.6. The van der Waals surface area contributed by atoms with Crippen LogP contribution in [0.25, 0.3) is 0 Å². The molecule has 0 spiro atoms. The molecule has 0 amide bonds. The van der Waals surface area contributed by atoms with E-state index in [4.69, 9.17) is 0 Å². The van der Waals surface area contributed by atoms with Gasteiger partial charge in [0, 0.05) is 0 Å². The third-order valence-electron chi connectivity index (χ3n) is 5.98. The molecule has 0 bridgehead atoms. The van der Waals surface area contributed by atoms with Gasteiger partial charge in [0.15, 0.2) is 0 Å². The van der Waals surface area contributed by atoms with Gasteiger partial charge in [-0.3, -0.25) is 5.92 Å². The zero-order valence-corrected chi connectivity index (χ0v) is 13.8. The maximum absolute atomic E-state index is 10.4. The summed E-state index contributed by atoms with van der Waals surface area (Å²) in [4.78, 5) is 2.70. The van der Waals surface area contributed by atoms with Gasteiger partial charge in [0.05, 0.1) is 0 Å². The van der Waals surface area contributed by atoms with Crippen molar-refractivity contribution in [3.8, 4) is 0 Å². The number of allylic oxidation sites excluding steroid dienone is 2. The van der Waals surface area contributed by atoms with Crippen molar-refractivity contribution in [3.63, 3.8) is 0 Å². The molecule has 4 rings (SSSR count). The van der Waals surface area contributed by atoms with E-state index in [0.717, 1.165) is 12.0 Å². The summed E-state index contributed by atoms with van der Waals surface area (Å²) >= 11 is 0. The van der Waals surface area contributed by atoms with E-state index in [1.165, 1.54) is 37.9 Å². The van der Waals surface area contributed by atoms with E-state index in [0.29, 0.717) is 17.6 Å². The number of rotatable bonds is 0. The fraction of sp³-hybridized carbons (Fsp3) is 0.688. The Morgan fingerprint density at radius 2 is 2.21 bits per heavy atom. The summed E-state index contributed by atoms with van der Waals surface area (Å²) in [6.45, 7) is 7.00. The Labute approximate surface area is 109 Å². The Bertz CT molecular complexity index is 469. The van der Waals surface area contributed by atoms with Gasteiger partial charge in [-0.2, -0.15) is 6.42 Å². The Kier molecular flexibility index (Phi) is 2.35. The van der Waals surface area contributed by atoms with Crippen LogP contribution in [0.1, 0.15) is 39.5 Å². The predicted octanol–water partition coefficient (Wildman–Crippen LogP) is 3.23. The van der Waals surface area contributed by atoms with Crippen LogP contribution in [0.2, 0.25) is 0 Å². The number of aliphatic hydroxyl groups is 1. The van der Waals surface area contributed by atoms with E-state index in [-0.39, 0.29) is 5.54 Å². The molecular weight excluding hydrogens is 484 g/mol. The second-order valence-electron chi connectivity index (χ2n) is 6.67. The average molecular weight is 506 g/mol. The molecule has 0 aromatic carbocycles. The normalized spacial score (nSPS) is 41.7. The Balaban J connectivity index is 0.00000110. The van der Waals surface area contributed by atoms with Gasteiger partial charge in [0.2, 0.25) is 0 Å². The molecule has 2 nitrogen and oxygen atoms in total. The molecule has 19 heavy (non-hydrogen) atoms. The number of hydrogen-bond donors (Lipinski definition) is 1. The summed E-state index contributed by atoms with van der Waals surface area (Å²) in [6, 6.07) is 0. The summed E-state index contributed by atoms with van der Waals surface area (Å²) in [5.41, 5.74) is 2.72. The maximum atomic E-state index is 10.4. The number of aliphatic hydroxyl groups excluding tert-OH is 1. The molecule has 0 aromatic heterocycles. The van der Waals surface area contributed by atoms with Crippen LogP contribution in [0.5, 0.6) is 0 Å². The first kappa shape index (κ1) is 12.3. The minimum atomic E-state index is 0. The minimum Gasteiger partial charge on any atom is -0.508 e. The molecule has 2 saturated heterocycles. The van der Waals surface area contributed by atoms with Gasteiger partial charge >= 0.3 is 0 Å².